The van der Waals surface area contributed by atoms with Gasteiger partial charge in [0.05, 0.1) is 18.6 Å². The van der Waals surface area contributed by atoms with E-state index in [1.807, 2.05) is 17.7 Å². The smallest absolute Gasteiger partial charge is 0.198 e. The summed E-state index contributed by atoms with van der Waals surface area (Å²) in [6.45, 7) is 10.9. The van der Waals surface area contributed by atoms with Crippen molar-refractivity contribution in [2.45, 2.75) is 44.9 Å². The number of rotatable bonds is 10. The summed E-state index contributed by atoms with van der Waals surface area (Å²) in [6.07, 6.45) is 3.45. The van der Waals surface area contributed by atoms with Crippen LogP contribution in [0.3, 0.4) is 0 Å². The van der Waals surface area contributed by atoms with Crippen LogP contribution in [0.2, 0.25) is 25.7 Å². The normalized spacial score (nSPS) is 15.5. The van der Waals surface area contributed by atoms with Crippen LogP contribution in [-0.4, -0.2) is 44.1 Å². The number of hydrogen-bond acceptors (Lipinski definition) is 6. The molecule has 1 saturated heterocycles. The Balaban J connectivity index is 1.76. The monoisotopic (exact) mass is 491 g/mol. The van der Waals surface area contributed by atoms with Gasteiger partial charge in [-0.05, 0) is 19.0 Å². The number of ether oxygens (including phenoxy) is 4. The summed E-state index contributed by atoms with van der Waals surface area (Å²) in [5.41, 5.74) is 6.18. The van der Waals surface area contributed by atoms with E-state index in [2.05, 4.69) is 24.6 Å². The number of aromatic nitrogens is 2. The average molecular weight is 492 g/mol. The SMILES string of the molecule is CCOC1(c2cn(COCC[Si](C)(C)C)c3nccc(Oc4c(F)cc(N)cc4F)c23)COC1. The molecule has 7 nitrogen and oxygen atoms in total. The van der Waals surface area contributed by atoms with Crippen LogP contribution in [0.5, 0.6) is 11.5 Å². The largest absolute Gasteiger partial charge is 0.450 e. The molecule has 0 radical (unpaired) electrons. The predicted molar refractivity (Wildman–Crippen MR) is 129 cm³/mol. The van der Waals surface area contributed by atoms with Crippen LogP contribution >= 0.6 is 0 Å². The van der Waals surface area contributed by atoms with E-state index in [9.17, 15) is 8.78 Å². The van der Waals surface area contributed by atoms with Crippen molar-refractivity contribution in [3.8, 4) is 11.5 Å². The van der Waals surface area contributed by atoms with Gasteiger partial charge in [-0.1, -0.05) is 19.6 Å². The Morgan fingerprint density at radius 1 is 1.21 bits per heavy atom. The molecule has 1 fully saturated rings. The molecule has 0 unspecified atom stereocenters. The molecule has 1 aromatic carbocycles. The molecule has 184 valence electrons. The zero-order valence-corrected chi connectivity index (χ0v) is 21.0. The average Bonchev–Trinajstić information content (AvgIpc) is 3.09. The van der Waals surface area contributed by atoms with Gasteiger partial charge >= 0.3 is 0 Å². The van der Waals surface area contributed by atoms with E-state index in [-0.39, 0.29) is 18.2 Å². The zero-order chi connectivity index (χ0) is 24.5. The Kier molecular flexibility index (Phi) is 6.95. The standard InChI is InChI=1S/C24H31F2N3O4Si/c1-5-32-24(13-31-14-24)17-12-29(15-30-8-9-34(2,3)4)23-21(17)20(6-7-28-23)33-22-18(25)10-16(27)11-19(22)26/h6-7,10-12H,5,8-9,13-15,27H2,1-4H3. The van der Waals surface area contributed by atoms with Crippen molar-refractivity contribution < 1.29 is 27.7 Å². The second-order valence-corrected chi connectivity index (χ2v) is 15.3. The molecule has 4 rings (SSSR count). The first-order valence-corrected chi connectivity index (χ1v) is 15.0. The van der Waals surface area contributed by atoms with Crippen LogP contribution in [-0.2, 0) is 26.5 Å². The van der Waals surface area contributed by atoms with Gasteiger partial charge in [-0.15, -0.1) is 0 Å². The Morgan fingerprint density at radius 3 is 2.50 bits per heavy atom. The van der Waals surface area contributed by atoms with E-state index in [4.69, 9.17) is 24.7 Å². The first-order chi connectivity index (χ1) is 16.1. The van der Waals surface area contributed by atoms with Crippen LogP contribution in [0.1, 0.15) is 12.5 Å². The minimum absolute atomic E-state index is 0.0218. The number of pyridine rings is 1. The lowest BCUT2D eigenvalue weighted by molar-refractivity contribution is -0.213. The summed E-state index contributed by atoms with van der Waals surface area (Å²) < 4.78 is 54.2. The van der Waals surface area contributed by atoms with E-state index in [0.29, 0.717) is 37.5 Å². The van der Waals surface area contributed by atoms with Gasteiger partial charge in [0.1, 0.15) is 23.7 Å². The number of fused-ring (bicyclic) bond motifs is 1. The molecule has 1 aliphatic rings. The van der Waals surface area contributed by atoms with Crippen LogP contribution < -0.4 is 10.5 Å². The fourth-order valence-corrected chi connectivity index (χ4v) is 4.68. The summed E-state index contributed by atoms with van der Waals surface area (Å²) >= 11 is 0. The molecule has 10 heteroatoms. The number of benzene rings is 1. The fraction of sp³-hybridized carbons (Fsp3) is 0.458. The molecule has 1 aliphatic heterocycles. The van der Waals surface area contributed by atoms with E-state index in [0.717, 1.165) is 23.7 Å². The number of nitrogens with zero attached hydrogens (tertiary/aromatic N) is 2. The van der Waals surface area contributed by atoms with Crippen molar-refractivity contribution in [2.24, 2.45) is 0 Å². The lowest BCUT2D eigenvalue weighted by atomic mass is 9.91. The minimum atomic E-state index is -1.23. The third-order valence-electron chi connectivity index (χ3n) is 5.76. The van der Waals surface area contributed by atoms with Crippen molar-refractivity contribution >= 4 is 24.8 Å². The third-order valence-corrected chi connectivity index (χ3v) is 7.46. The number of hydrogen-bond donors (Lipinski definition) is 1. The van der Waals surface area contributed by atoms with Crippen LogP contribution in [0.25, 0.3) is 11.0 Å². The fourth-order valence-electron chi connectivity index (χ4n) is 3.92. The van der Waals surface area contributed by atoms with Gasteiger partial charge in [-0.2, -0.15) is 0 Å². The molecule has 34 heavy (non-hydrogen) atoms. The van der Waals surface area contributed by atoms with Crippen molar-refractivity contribution in [3.63, 3.8) is 0 Å². The zero-order valence-electron chi connectivity index (χ0n) is 20.0. The van der Waals surface area contributed by atoms with Gasteiger partial charge in [0.25, 0.3) is 0 Å². The van der Waals surface area contributed by atoms with E-state index in [1.165, 1.54) is 6.20 Å². The molecular weight excluding hydrogens is 460 g/mol. The maximum Gasteiger partial charge on any atom is 0.198 e. The lowest BCUT2D eigenvalue weighted by Gasteiger charge is -2.41. The van der Waals surface area contributed by atoms with E-state index >= 15 is 0 Å². The van der Waals surface area contributed by atoms with E-state index in [1.54, 1.807) is 6.07 Å². The number of nitrogens with two attached hydrogens (primary N) is 1. The van der Waals surface area contributed by atoms with Crippen molar-refractivity contribution in [1.29, 1.82) is 0 Å². The van der Waals surface area contributed by atoms with Crippen molar-refractivity contribution in [3.05, 3.63) is 47.8 Å². The summed E-state index contributed by atoms with van der Waals surface area (Å²) in [4.78, 5) is 4.53. The number of anilines is 1. The first kappa shape index (κ1) is 24.6. The third kappa shape index (κ3) is 4.95. The van der Waals surface area contributed by atoms with E-state index < -0.39 is 31.1 Å². The van der Waals surface area contributed by atoms with Gasteiger partial charge in [0.2, 0.25) is 0 Å². The Hall–Kier alpha value is -2.53. The van der Waals surface area contributed by atoms with Gasteiger partial charge in [0.15, 0.2) is 17.4 Å². The molecule has 3 aromatic rings. The summed E-state index contributed by atoms with van der Waals surface area (Å²) in [6, 6.07) is 4.66. The quantitative estimate of drug-likeness (QED) is 0.237. The predicted octanol–water partition coefficient (Wildman–Crippen LogP) is 5.26. The molecule has 2 aromatic heterocycles. The first-order valence-electron chi connectivity index (χ1n) is 11.3. The molecule has 0 saturated carbocycles. The second-order valence-electron chi connectivity index (χ2n) is 9.70. The Morgan fingerprint density at radius 2 is 1.91 bits per heavy atom. The molecule has 0 bridgehead atoms. The molecule has 3 heterocycles. The second kappa shape index (κ2) is 9.61. The highest BCUT2D eigenvalue weighted by molar-refractivity contribution is 6.76. The van der Waals surface area contributed by atoms with Crippen LogP contribution in [0.4, 0.5) is 14.5 Å². The lowest BCUT2D eigenvalue weighted by Crippen LogP contribution is -2.49. The number of halogens is 2. The summed E-state index contributed by atoms with van der Waals surface area (Å²) in [5, 5.41) is 0.601. The maximum absolute atomic E-state index is 14.5. The summed E-state index contributed by atoms with van der Waals surface area (Å²) in [5.74, 6) is -2.04. The maximum atomic E-state index is 14.5. The van der Waals surface area contributed by atoms with Crippen LogP contribution in [0.15, 0.2) is 30.6 Å². The van der Waals surface area contributed by atoms with Gasteiger partial charge < -0.3 is 29.2 Å². The molecule has 2 N–H and O–H groups in total. The summed E-state index contributed by atoms with van der Waals surface area (Å²) in [7, 11) is -1.23. The van der Waals surface area contributed by atoms with Crippen molar-refractivity contribution in [1.82, 2.24) is 9.55 Å². The highest BCUT2D eigenvalue weighted by Crippen LogP contribution is 2.43. The van der Waals surface area contributed by atoms with Gasteiger partial charge in [-0.3, -0.25) is 0 Å². The Labute approximate surface area is 198 Å². The highest BCUT2D eigenvalue weighted by Gasteiger charge is 2.44. The molecular formula is C24H31F2N3O4Si. The number of nitrogen functional groups attached to an aromatic ring is 1. The minimum Gasteiger partial charge on any atom is -0.450 e. The Bertz CT molecular complexity index is 1150. The topological polar surface area (TPSA) is 80.8 Å². The van der Waals surface area contributed by atoms with Gasteiger partial charge in [0, 0.05) is 57.1 Å². The van der Waals surface area contributed by atoms with Crippen molar-refractivity contribution in [2.75, 3.05) is 32.2 Å². The molecule has 0 amide bonds. The molecule has 0 spiro atoms. The van der Waals surface area contributed by atoms with Gasteiger partial charge in [-0.25, -0.2) is 13.8 Å². The highest BCUT2D eigenvalue weighted by atomic mass is 28.3. The molecule has 0 aliphatic carbocycles. The van der Waals surface area contributed by atoms with Crippen LogP contribution in [0, 0.1) is 11.6 Å². The molecule has 0 atom stereocenters.